The molecule has 3 nitrogen and oxygen atoms in total. The number of hydrogen-bond donors (Lipinski definition) is 1. The van der Waals surface area contributed by atoms with Crippen molar-refractivity contribution in [1.82, 2.24) is 4.98 Å². The van der Waals surface area contributed by atoms with Gasteiger partial charge in [0.15, 0.2) is 11.6 Å². The molecular formula is C17H19NO2S. The summed E-state index contributed by atoms with van der Waals surface area (Å²) in [6.07, 6.45) is 0. The minimum Gasteiger partial charge on any atom is -0.355 e. The summed E-state index contributed by atoms with van der Waals surface area (Å²) >= 11 is 1.59. The molecule has 0 radical (unpaired) electrons. The lowest BCUT2D eigenvalue weighted by Crippen LogP contribution is -2.05. The van der Waals surface area contributed by atoms with Crippen molar-refractivity contribution >= 4 is 23.3 Å². The van der Waals surface area contributed by atoms with Crippen molar-refractivity contribution in [3.63, 3.8) is 0 Å². The lowest BCUT2D eigenvalue weighted by Gasteiger charge is -2.02. The monoisotopic (exact) mass is 301 g/mol. The van der Waals surface area contributed by atoms with Crippen LogP contribution in [-0.4, -0.2) is 22.3 Å². The Morgan fingerprint density at radius 2 is 1.81 bits per heavy atom. The Morgan fingerprint density at radius 1 is 1.14 bits per heavy atom. The molecule has 0 unspecified atom stereocenters. The molecule has 0 aliphatic heterocycles. The van der Waals surface area contributed by atoms with E-state index < -0.39 is 0 Å². The lowest BCUT2D eigenvalue weighted by molar-refractivity contribution is 0.101. The number of aromatic amines is 1. The zero-order valence-corrected chi connectivity index (χ0v) is 13.3. The van der Waals surface area contributed by atoms with Gasteiger partial charge in [0.05, 0.1) is 11.4 Å². The number of carbonyl (C=O) groups excluding carboxylic acids is 2. The van der Waals surface area contributed by atoms with Crippen LogP contribution in [0.15, 0.2) is 30.3 Å². The Bertz CT molecular complexity index is 659. The largest absolute Gasteiger partial charge is 0.355 e. The molecule has 2 rings (SSSR count). The number of rotatable bonds is 6. The van der Waals surface area contributed by atoms with Gasteiger partial charge < -0.3 is 4.98 Å². The van der Waals surface area contributed by atoms with Gasteiger partial charge in [0, 0.05) is 17.0 Å². The molecule has 1 aromatic carbocycles. The van der Waals surface area contributed by atoms with Crippen LogP contribution in [0.25, 0.3) is 0 Å². The predicted molar refractivity (Wildman–Crippen MR) is 87.2 cm³/mol. The number of thioether (sulfide) groups is 1. The molecule has 0 bridgehead atoms. The second-order valence-corrected chi connectivity index (χ2v) is 6.07. The van der Waals surface area contributed by atoms with Crippen LogP contribution in [0.5, 0.6) is 0 Å². The number of ketones is 2. The van der Waals surface area contributed by atoms with Gasteiger partial charge in [-0.05, 0) is 31.9 Å². The first kappa shape index (κ1) is 15.6. The quantitative estimate of drug-likeness (QED) is 0.822. The van der Waals surface area contributed by atoms with Crippen molar-refractivity contribution in [2.75, 3.05) is 5.75 Å². The molecule has 1 N–H and O–H groups in total. The van der Waals surface area contributed by atoms with E-state index in [0.29, 0.717) is 17.0 Å². The minimum absolute atomic E-state index is 0.00256. The van der Waals surface area contributed by atoms with E-state index in [4.69, 9.17) is 0 Å². The highest BCUT2D eigenvalue weighted by atomic mass is 32.2. The molecule has 1 heterocycles. The van der Waals surface area contributed by atoms with Crippen LogP contribution in [-0.2, 0) is 5.75 Å². The van der Waals surface area contributed by atoms with Gasteiger partial charge in [-0.1, -0.05) is 30.3 Å². The third-order valence-electron chi connectivity index (χ3n) is 3.41. The van der Waals surface area contributed by atoms with E-state index in [0.717, 1.165) is 17.0 Å². The van der Waals surface area contributed by atoms with Gasteiger partial charge in [-0.15, -0.1) is 11.8 Å². The fourth-order valence-electron chi connectivity index (χ4n) is 2.46. The first-order valence-corrected chi connectivity index (χ1v) is 8.01. The number of Topliss-reactive ketones (excluding diaryl/α,β-unsaturated/α-hetero) is 2. The summed E-state index contributed by atoms with van der Waals surface area (Å²) in [5.74, 6) is 1.26. The fourth-order valence-corrected chi connectivity index (χ4v) is 3.32. The maximum atomic E-state index is 12.3. The highest BCUT2D eigenvalue weighted by Crippen LogP contribution is 2.21. The molecule has 0 aliphatic rings. The van der Waals surface area contributed by atoms with Crippen LogP contribution >= 0.6 is 11.8 Å². The van der Waals surface area contributed by atoms with E-state index in [1.54, 1.807) is 11.8 Å². The normalized spacial score (nSPS) is 10.6. The number of benzene rings is 1. The summed E-state index contributed by atoms with van der Waals surface area (Å²) in [5, 5.41) is 0. The summed E-state index contributed by atoms with van der Waals surface area (Å²) in [4.78, 5) is 26.9. The SMILES string of the molecule is CC(=O)c1c(C)[nH]c(C(=O)CSCc2ccccc2)c1C. The maximum Gasteiger partial charge on any atom is 0.189 e. The van der Waals surface area contributed by atoms with E-state index in [-0.39, 0.29) is 11.6 Å². The highest BCUT2D eigenvalue weighted by molar-refractivity contribution is 7.99. The van der Waals surface area contributed by atoms with Crippen molar-refractivity contribution in [3.05, 3.63) is 58.4 Å². The van der Waals surface area contributed by atoms with Crippen LogP contribution in [0, 0.1) is 13.8 Å². The highest BCUT2D eigenvalue weighted by Gasteiger charge is 2.19. The zero-order chi connectivity index (χ0) is 15.4. The zero-order valence-electron chi connectivity index (χ0n) is 12.5. The van der Waals surface area contributed by atoms with Crippen LogP contribution in [0.3, 0.4) is 0 Å². The molecule has 0 amide bonds. The lowest BCUT2D eigenvalue weighted by atomic mass is 10.1. The molecule has 0 aliphatic carbocycles. The van der Waals surface area contributed by atoms with Gasteiger partial charge in [-0.2, -0.15) is 0 Å². The fraction of sp³-hybridized carbons (Fsp3) is 0.294. The molecule has 0 spiro atoms. The maximum absolute atomic E-state index is 12.3. The van der Waals surface area contributed by atoms with Gasteiger partial charge in [0.2, 0.25) is 0 Å². The Hall–Kier alpha value is -1.81. The molecular weight excluding hydrogens is 282 g/mol. The number of aryl methyl sites for hydroxylation is 1. The van der Waals surface area contributed by atoms with Crippen molar-refractivity contribution in [2.24, 2.45) is 0 Å². The third-order valence-corrected chi connectivity index (χ3v) is 4.42. The smallest absolute Gasteiger partial charge is 0.189 e. The van der Waals surface area contributed by atoms with E-state index in [1.807, 2.05) is 32.0 Å². The summed E-state index contributed by atoms with van der Waals surface area (Å²) < 4.78 is 0. The Balaban J connectivity index is 2.01. The summed E-state index contributed by atoms with van der Waals surface area (Å²) in [6, 6.07) is 10.1. The van der Waals surface area contributed by atoms with Gasteiger partial charge in [-0.3, -0.25) is 9.59 Å². The summed E-state index contributed by atoms with van der Waals surface area (Å²) in [5.41, 5.74) is 3.96. The summed E-state index contributed by atoms with van der Waals surface area (Å²) in [7, 11) is 0. The van der Waals surface area contributed by atoms with E-state index in [2.05, 4.69) is 17.1 Å². The van der Waals surface area contributed by atoms with Crippen LogP contribution in [0.2, 0.25) is 0 Å². The van der Waals surface area contributed by atoms with Crippen molar-refractivity contribution in [1.29, 1.82) is 0 Å². The van der Waals surface area contributed by atoms with Crippen molar-refractivity contribution in [3.8, 4) is 0 Å². The molecule has 0 atom stereocenters. The predicted octanol–water partition coefficient (Wildman–Crippen LogP) is 3.95. The Kier molecular flexibility index (Phi) is 5.02. The average molecular weight is 301 g/mol. The number of aromatic nitrogens is 1. The standard InChI is InChI=1S/C17H19NO2S/c1-11-16(13(3)19)12(2)18-17(11)15(20)10-21-9-14-7-5-4-6-8-14/h4-8,18H,9-10H2,1-3H3. The molecule has 110 valence electrons. The van der Waals surface area contributed by atoms with Gasteiger partial charge in [-0.25, -0.2) is 0 Å². The molecule has 0 saturated heterocycles. The Morgan fingerprint density at radius 3 is 2.38 bits per heavy atom. The van der Waals surface area contributed by atoms with Crippen LogP contribution in [0.1, 0.15) is 44.6 Å². The van der Waals surface area contributed by atoms with Gasteiger partial charge >= 0.3 is 0 Å². The number of hydrogen-bond acceptors (Lipinski definition) is 3. The van der Waals surface area contributed by atoms with Crippen molar-refractivity contribution < 1.29 is 9.59 Å². The minimum atomic E-state index is -0.00256. The molecule has 0 fully saturated rings. The number of nitrogens with one attached hydrogen (secondary N) is 1. The van der Waals surface area contributed by atoms with E-state index in [1.165, 1.54) is 12.5 Å². The molecule has 2 aromatic rings. The second-order valence-electron chi connectivity index (χ2n) is 5.08. The molecule has 1 aromatic heterocycles. The third kappa shape index (κ3) is 3.64. The van der Waals surface area contributed by atoms with Gasteiger partial charge in [0.25, 0.3) is 0 Å². The second kappa shape index (κ2) is 6.76. The van der Waals surface area contributed by atoms with Crippen LogP contribution < -0.4 is 0 Å². The summed E-state index contributed by atoms with van der Waals surface area (Å²) in [6.45, 7) is 5.19. The first-order valence-electron chi connectivity index (χ1n) is 6.85. The van der Waals surface area contributed by atoms with E-state index in [9.17, 15) is 9.59 Å². The van der Waals surface area contributed by atoms with Crippen LogP contribution in [0.4, 0.5) is 0 Å². The number of carbonyl (C=O) groups is 2. The van der Waals surface area contributed by atoms with E-state index >= 15 is 0 Å². The average Bonchev–Trinajstić information content (AvgIpc) is 2.75. The first-order chi connectivity index (χ1) is 10.0. The Labute approximate surface area is 129 Å². The topological polar surface area (TPSA) is 49.9 Å². The van der Waals surface area contributed by atoms with Crippen molar-refractivity contribution in [2.45, 2.75) is 26.5 Å². The van der Waals surface area contributed by atoms with Gasteiger partial charge in [0.1, 0.15) is 0 Å². The molecule has 0 saturated carbocycles. The number of H-pyrrole nitrogens is 1. The molecule has 4 heteroatoms. The molecule has 21 heavy (non-hydrogen) atoms.